The van der Waals surface area contributed by atoms with Gasteiger partial charge in [0.1, 0.15) is 34.2 Å². The molecule has 0 saturated carbocycles. The van der Waals surface area contributed by atoms with Gasteiger partial charge in [0.05, 0.1) is 50.2 Å². The Hall–Kier alpha value is -13.8. The summed E-state index contributed by atoms with van der Waals surface area (Å²) in [6.45, 7) is 12.7. The van der Waals surface area contributed by atoms with Crippen molar-refractivity contribution in [2.45, 2.75) is 52.4 Å². The summed E-state index contributed by atoms with van der Waals surface area (Å²) in [5.74, 6) is 0.195. The van der Waals surface area contributed by atoms with Crippen LogP contribution < -0.4 is 9.13 Å². The predicted octanol–water partition coefficient (Wildman–Crippen LogP) is 25.7. The fourth-order valence-corrected chi connectivity index (χ4v) is 14.2. The molecular formula is C104H85ClN6O2+2. The monoisotopic (exact) mass is 1500 g/mol. The third-order valence-corrected chi connectivity index (χ3v) is 19.8. The van der Waals surface area contributed by atoms with Gasteiger partial charge in [-0.1, -0.05) is 308 Å². The molecule has 0 aliphatic carbocycles. The van der Waals surface area contributed by atoms with Gasteiger partial charge in [-0.25, -0.2) is 9.97 Å². The molecule has 0 atom stereocenters. The van der Waals surface area contributed by atoms with E-state index in [4.69, 9.17) is 37.4 Å². The van der Waals surface area contributed by atoms with Gasteiger partial charge in [-0.3, -0.25) is 0 Å². The first-order chi connectivity index (χ1) is 62.9. The number of hydrogen-bond donors (Lipinski definition) is 2. The molecule has 0 aliphatic heterocycles. The molecule has 548 valence electrons. The molecule has 0 bridgehead atoms. The standard InChI is InChI=1S/2C52H41N3O.ClH/c2*1-52(2,3)41-30-40(46-32-39(36-18-7-4-8-19-36)33-47(53-46)45-24-13-16-29-50(45)56)31-42(34-41)54-35-55(49-28-15-14-27-48(49)54)51-43(37-20-9-5-10-21-37)25-17-26-44(51)38-22-11-6-12-23-38;/h2*4-35H,1-3H3;1H/p+2/i2*5D,6D,9D,10D,11D,12D,20D,21D,22D,23D;. The zero-order valence-electron chi connectivity index (χ0n) is 82.4. The molecule has 113 heavy (non-hydrogen) atoms. The third kappa shape index (κ3) is 15.0. The zero-order valence-corrected chi connectivity index (χ0v) is 63.2. The SMILES string of the molecule is Cl.[2H]c1c([2H])c([2H])c(-c2cccc(-c3c([2H])c([2H])c([2H])c([2H])c3[2H])c2-[n+]2cn(-c3cc(-c4cc(-c5ccccc5)cc(-c5ccccc5O)n4)cc(C(C)(C)C)c3)c3ccccc32)c([2H])c1[2H].[2H]c1c([2H])c([2H])c(-c2cccc(-c3c([2H])c([2H])c([2H])c([2H])c3[2H])c2-[n+]2cn(-c3cc(-c4cc(-c5ccccc5)cc(-c5ccccc5O)n4)cc(C(C)(C)C)c3)c3ccccc32)c([2H])c1[2H]. The van der Waals surface area contributed by atoms with E-state index >= 15 is 0 Å². The van der Waals surface area contributed by atoms with Crippen LogP contribution in [0.4, 0.5) is 0 Å². The normalized spacial score (nSPS) is 13.9. The predicted molar refractivity (Wildman–Crippen MR) is 468 cm³/mol. The summed E-state index contributed by atoms with van der Waals surface area (Å²) in [5.41, 5.74) is 15.0. The highest BCUT2D eigenvalue weighted by Gasteiger charge is 2.30. The van der Waals surface area contributed by atoms with Gasteiger partial charge in [0, 0.05) is 44.5 Å². The summed E-state index contributed by atoms with van der Waals surface area (Å²) in [4.78, 5) is 10.3. The molecule has 4 aromatic heterocycles. The van der Waals surface area contributed by atoms with Crippen molar-refractivity contribution in [3.8, 4) is 146 Å². The Kier molecular flexibility index (Phi) is 14.7. The molecule has 0 unspecified atom stereocenters. The average molecular weight is 1510 g/mol. The van der Waals surface area contributed by atoms with Gasteiger partial charge in [-0.2, -0.15) is 18.3 Å². The molecule has 0 saturated heterocycles. The van der Waals surface area contributed by atoms with Crippen molar-refractivity contribution in [1.82, 2.24) is 19.1 Å². The van der Waals surface area contributed by atoms with E-state index in [-0.39, 0.29) is 90.6 Å². The third-order valence-electron chi connectivity index (χ3n) is 19.8. The lowest BCUT2D eigenvalue weighted by molar-refractivity contribution is -0.566. The summed E-state index contributed by atoms with van der Waals surface area (Å²) >= 11 is 0. The average Bonchev–Trinajstić information content (AvgIpc) is 1.66. The fraction of sp³-hybridized carbons (Fsp3) is 0.0769. The topological polar surface area (TPSA) is 83.9 Å². The van der Waals surface area contributed by atoms with Crippen LogP contribution in [0.1, 0.15) is 80.1 Å². The van der Waals surface area contributed by atoms with Gasteiger partial charge in [0.15, 0.2) is 22.1 Å². The van der Waals surface area contributed by atoms with Crippen molar-refractivity contribution in [2.24, 2.45) is 0 Å². The van der Waals surface area contributed by atoms with Crippen molar-refractivity contribution < 1.29 is 46.8 Å². The van der Waals surface area contributed by atoms with Gasteiger partial charge in [-0.05, 0) is 176 Å². The summed E-state index contributed by atoms with van der Waals surface area (Å²) < 4.78 is 182. The van der Waals surface area contributed by atoms with Gasteiger partial charge < -0.3 is 10.2 Å². The van der Waals surface area contributed by atoms with Crippen molar-refractivity contribution in [3.05, 3.63) is 399 Å². The second-order valence-electron chi connectivity index (χ2n) is 29.1. The Bertz CT molecular complexity index is 7040. The van der Waals surface area contributed by atoms with Crippen molar-refractivity contribution >= 4 is 34.5 Å². The van der Waals surface area contributed by atoms with Gasteiger partial charge >= 0.3 is 0 Å². The van der Waals surface area contributed by atoms with E-state index < -0.39 is 121 Å². The molecule has 9 heteroatoms. The molecule has 18 rings (SSSR count). The van der Waals surface area contributed by atoms with Crippen molar-refractivity contribution in [1.29, 1.82) is 0 Å². The van der Waals surface area contributed by atoms with Crippen LogP contribution in [-0.2, 0) is 10.8 Å². The summed E-state index contributed by atoms with van der Waals surface area (Å²) in [6.07, 6.45) is 3.62. The molecule has 0 spiro atoms. The number of para-hydroxylation sites is 8. The minimum atomic E-state index is -0.563. The zero-order chi connectivity index (χ0) is 93.9. The van der Waals surface area contributed by atoms with E-state index in [9.17, 15) is 10.2 Å². The lowest BCUT2D eigenvalue weighted by Gasteiger charge is -2.21. The van der Waals surface area contributed by atoms with E-state index in [1.807, 2.05) is 192 Å². The molecule has 0 radical (unpaired) electrons. The first-order valence-corrected chi connectivity index (χ1v) is 36.6. The summed E-state index contributed by atoms with van der Waals surface area (Å²) in [7, 11) is 0. The largest absolute Gasteiger partial charge is 0.507 e. The summed E-state index contributed by atoms with van der Waals surface area (Å²) in [5, 5.41) is 22.0. The Balaban J connectivity index is 0.000000192. The van der Waals surface area contributed by atoms with Gasteiger partial charge in [0.2, 0.25) is 0 Å². The van der Waals surface area contributed by atoms with Crippen LogP contribution in [0.3, 0.4) is 0 Å². The number of hydrogen-bond acceptors (Lipinski definition) is 4. The highest BCUT2D eigenvalue weighted by Crippen LogP contribution is 2.42. The number of pyridine rings is 2. The van der Waals surface area contributed by atoms with Crippen LogP contribution in [0, 0.1) is 0 Å². The first-order valence-electron chi connectivity index (χ1n) is 46.6. The molecule has 0 aliphatic rings. The number of phenolic OH excluding ortho intramolecular Hbond substituents is 2. The highest BCUT2D eigenvalue weighted by molar-refractivity contribution is 5.89. The molecule has 18 aromatic rings. The van der Waals surface area contributed by atoms with Crippen molar-refractivity contribution in [3.63, 3.8) is 0 Å². The Morgan fingerprint density at radius 2 is 0.584 bits per heavy atom. The Morgan fingerprint density at radius 3 is 0.920 bits per heavy atom. The smallest absolute Gasteiger partial charge is 0.255 e. The number of halogens is 1. The molecule has 0 fully saturated rings. The quantitative estimate of drug-likeness (QED) is 0.106. The number of fused-ring (bicyclic) bond motifs is 2. The van der Waals surface area contributed by atoms with Crippen molar-refractivity contribution in [2.75, 3.05) is 0 Å². The van der Waals surface area contributed by atoms with E-state index in [0.29, 0.717) is 56.0 Å². The minimum absolute atomic E-state index is 0. The van der Waals surface area contributed by atoms with Crippen LogP contribution in [0.15, 0.2) is 388 Å². The molecule has 2 N–H and O–H groups in total. The minimum Gasteiger partial charge on any atom is -0.507 e. The second-order valence-corrected chi connectivity index (χ2v) is 29.1. The van der Waals surface area contributed by atoms with Gasteiger partial charge in [-0.15, -0.1) is 12.4 Å². The van der Waals surface area contributed by atoms with Crippen LogP contribution in [0.25, 0.3) is 157 Å². The van der Waals surface area contributed by atoms with Crippen LogP contribution >= 0.6 is 12.4 Å². The van der Waals surface area contributed by atoms with Crippen LogP contribution in [0.5, 0.6) is 11.5 Å². The van der Waals surface area contributed by atoms with E-state index in [2.05, 4.69) is 65.8 Å². The molecular weight excluding hydrogens is 1400 g/mol. The lowest BCUT2D eigenvalue weighted by atomic mass is 9.85. The maximum absolute atomic E-state index is 11.0. The maximum atomic E-state index is 11.0. The van der Waals surface area contributed by atoms with Crippen LogP contribution in [0.2, 0.25) is 0 Å². The number of aromatic hydroxyl groups is 2. The van der Waals surface area contributed by atoms with E-state index in [1.54, 1.807) is 69.8 Å². The second kappa shape index (κ2) is 31.3. The number of benzene rings is 14. The number of imidazole rings is 2. The lowest BCUT2D eigenvalue weighted by Crippen LogP contribution is -2.31. The number of rotatable bonds is 14. The molecule has 4 heterocycles. The molecule has 14 aromatic carbocycles. The Morgan fingerprint density at radius 1 is 0.283 bits per heavy atom. The Labute approximate surface area is 695 Å². The number of phenols is 2. The van der Waals surface area contributed by atoms with Gasteiger partial charge in [0.25, 0.3) is 12.7 Å². The van der Waals surface area contributed by atoms with E-state index in [0.717, 1.165) is 55.9 Å². The number of nitrogens with zero attached hydrogens (tertiary/aromatic N) is 6. The first kappa shape index (κ1) is 53.1. The molecule has 8 nitrogen and oxygen atoms in total. The highest BCUT2D eigenvalue weighted by atomic mass is 35.5. The van der Waals surface area contributed by atoms with Crippen LogP contribution in [-0.4, -0.2) is 29.3 Å². The summed E-state index contributed by atoms with van der Waals surface area (Å²) in [6, 6.07) is 69.0. The fourth-order valence-electron chi connectivity index (χ4n) is 14.2. The van der Waals surface area contributed by atoms with E-state index in [1.165, 1.54) is 0 Å². The maximum Gasteiger partial charge on any atom is 0.255 e. The molecule has 0 amide bonds. The number of aromatic nitrogens is 6.